The molecule has 0 spiro atoms. The second-order valence-corrected chi connectivity index (χ2v) is 6.48. The van der Waals surface area contributed by atoms with Crippen molar-refractivity contribution in [2.45, 2.75) is 24.8 Å². The van der Waals surface area contributed by atoms with E-state index in [9.17, 15) is 8.42 Å². The number of nitrogens with one attached hydrogen (secondary N) is 1. The van der Waals surface area contributed by atoms with Crippen LogP contribution in [0.1, 0.15) is 16.8 Å². The zero-order chi connectivity index (χ0) is 15.3. The summed E-state index contributed by atoms with van der Waals surface area (Å²) in [5, 5.41) is 8.39. The highest BCUT2D eigenvalue weighted by molar-refractivity contribution is 7.89. The fourth-order valence-electron chi connectivity index (χ4n) is 1.91. The number of pyridine rings is 1. The Hall–Kier alpha value is -1.76. The topological polar surface area (TPSA) is 85.1 Å². The van der Waals surface area contributed by atoms with E-state index >= 15 is 0 Å². The van der Waals surface area contributed by atoms with Crippen molar-refractivity contribution in [3.05, 3.63) is 59.4 Å². The number of rotatable bonds is 6. The Labute approximate surface area is 125 Å². The third kappa shape index (κ3) is 4.93. The number of sulfonamides is 1. The fraction of sp³-hybridized carbons (Fsp3) is 0.267. The Kier molecular flexibility index (Phi) is 5.06. The van der Waals surface area contributed by atoms with Crippen LogP contribution in [0.4, 0.5) is 0 Å². The molecule has 0 amide bonds. The van der Waals surface area contributed by atoms with Gasteiger partial charge in [0.1, 0.15) is 0 Å². The molecule has 0 aliphatic rings. The minimum absolute atomic E-state index is 0.143. The molecule has 0 radical (unpaired) electrons. The molecular formula is C15H19N3O2S. The van der Waals surface area contributed by atoms with E-state index < -0.39 is 10.0 Å². The van der Waals surface area contributed by atoms with Crippen molar-refractivity contribution in [3.63, 3.8) is 0 Å². The summed E-state index contributed by atoms with van der Waals surface area (Å²) < 4.78 is 22.3. The normalized spacial score (nSPS) is 11.5. The summed E-state index contributed by atoms with van der Waals surface area (Å²) in [4.78, 5) is 4.38. The number of aromatic nitrogens is 1. The first-order chi connectivity index (χ1) is 9.95. The van der Waals surface area contributed by atoms with Crippen molar-refractivity contribution in [2.75, 3.05) is 6.54 Å². The second kappa shape index (κ2) is 6.80. The maximum atomic E-state index is 11.1. The monoisotopic (exact) mass is 305 g/mol. The van der Waals surface area contributed by atoms with Crippen molar-refractivity contribution >= 4 is 10.0 Å². The average molecular weight is 305 g/mol. The molecule has 3 N–H and O–H groups in total. The van der Waals surface area contributed by atoms with Crippen LogP contribution in [-0.4, -0.2) is 19.9 Å². The van der Waals surface area contributed by atoms with E-state index in [-0.39, 0.29) is 4.90 Å². The van der Waals surface area contributed by atoms with Crippen LogP contribution >= 0.6 is 0 Å². The highest BCUT2D eigenvalue weighted by Gasteiger charge is 2.06. The largest absolute Gasteiger partial charge is 0.312 e. The summed E-state index contributed by atoms with van der Waals surface area (Å²) in [7, 11) is -3.61. The van der Waals surface area contributed by atoms with Crippen molar-refractivity contribution in [1.82, 2.24) is 10.3 Å². The molecule has 0 aliphatic heterocycles. The van der Waals surface area contributed by atoms with Crippen molar-refractivity contribution < 1.29 is 8.42 Å². The van der Waals surface area contributed by atoms with Gasteiger partial charge >= 0.3 is 0 Å². The molecule has 0 unspecified atom stereocenters. The number of nitrogens with zero attached hydrogens (tertiary/aromatic N) is 1. The molecule has 5 nitrogen and oxygen atoms in total. The molecule has 0 fully saturated rings. The van der Waals surface area contributed by atoms with E-state index in [1.807, 2.05) is 19.2 Å². The van der Waals surface area contributed by atoms with Crippen LogP contribution in [0.2, 0.25) is 0 Å². The second-order valence-electron chi connectivity index (χ2n) is 4.92. The standard InChI is InChI=1S/C15H19N3O2S/c1-12-2-3-14(11-18-12)10-17-9-8-13-4-6-15(7-5-13)21(16,19)20/h2-7,11,17H,8-10H2,1H3,(H2,16,19,20). The summed E-state index contributed by atoms with van der Waals surface area (Å²) in [5.41, 5.74) is 3.22. The molecule has 2 rings (SSSR count). The number of hydrogen-bond donors (Lipinski definition) is 2. The van der Waals surface area contributed by atoms with Crippen molar-refractivity contribution in [1.29, 1.82) is 0 Å². The molecular weight excluding hydrogens is 286 g/mol. The maximum absolute atomic E-state index is 11.1. The lowest BCUT2D eigenvalue weighted by atomic mass is 10.1. The Bertz CT molecular complexity index is 680. The van der Waals surface area contributed by atoms with Gasteiger partial charge in [-0.2, -0.15) is 0 Å². The highest BCUT2D eigenvalue weighted by Crippen LogP contribution is 2.09. The molecule has 0 saturated heterocycles. The molecule has 0 atom stereocenters. The van der Waals surface area contributed by atoms with Gasteiger partial charge in [0.2, 0.25) is 10.0 Å². The molecule has 21 heavy (non-hydrogen) atoms. The van der Waals surface area contributed by atoms with Gasteiger partial charge in [0.05, 0.1) is 4.90 Å². The summed E-state index contributed by atoms with van der Waals surface area (Å²) in [6, 6.07) is 10.7. The number of nitrogens with two attached hydrogens (primary N) is 1. The van der Waals surface area contributed by atoms with Gasteiger partial charge < -0.3 is 5.32 Å². The van der Waals surface area contributed by atoms with Gasteiger partial charge in [-0.3, -0.25) is 4.98 Å². The zero-order valence-electron chi connectivity index (χ0n) is 11.9. The van der Waals surface area contributed by atoms with Crippen molar-refractivity contribution in [3.8, 4) is 0 Å². The lowest BCUT2D eigenvalue weighted by molar-refractivity contribution is 0.597. The molecule has 1 aromatic heterocycles. The highest BCUT2D eigenvalue weighted by atomic mass is 32.2. The van der Waals surface area contributed by atoms with E-state index in [4.69, 9.17) is 5.14 Å². The van der Waals surface area contributed by atoms with E-state index in [2.05, 4.69) is 16.4 Å². The van der Waals surface area contributed by atoms with E-state index in [0.29, 0.717) is 0 Å². The van der Waals surface area contributed by atoms with Crippen LogP contribution in [0.3, 0.4) is 0 Å². The summed E-state index contributed by atoms with van der Waals surface area (Å²) in [6.07, 6.45) is 2.69. The number of primary sulfonamides is 1. The van der Waals surface area contributed by atoms with Gasteiger partial charge in [-0.1, -0.05) is 18.2 Å². The van der Waals surface area contributed by atoms with Crippen LogP contribution in [0, 0.1) is 6.92 Å². The minimum Gasteiger partial charge on any atom is -0.312 e. The van der Waals surface area contributed by atoms with E-state index in [1.165, 1.54) is 12.1 Å². The zero-order valence-corrected chi connectivity index (χ0v) is 12.7. The van der Waals surface area contributed by atoms with Gasteiger partial charge in [0.15, 0.2) is 0 Å². The predicted octanol–water partition coefficient (Wildman–Crippen LogP) is 1.37. The van der Waals surface area contributed by atoms with Gasteiger partial charge in [-0.05, 0) is 49.2 Å². The quantitative estimate of drug-likeness (QED) is 0.789. The van der Waals surface area contributed by atoms with Crippen molar-refractivity contribution in [2.24, 2.45) is 5.14 Å². The molecule has 2 aromatic rings. The van der Waals surface area contributed by atoms with Crippen LogP contribution < -0.4 is 10.5 Å². The van der Waals surface area contributed by atoms with Gasteiger partial charge in [-0.15, -0.1) is 0 Å². The third-order valence-corrected chi connectivity index (χ3v) is 4.07. The first kappa shape index (κ1) is 15.6. The molecule has 6 heteroatoms. The van der Waals surface area contributed by atoms with Gasteiger partial charge in [0.25, 0.3) is 0 Å². The first-order valence-electron chi connectivity index (χ1n) is 6.69. The van der Waals surface area contributed by atoms with E-state index in [1.54, 1.807) is 12.1 Å². The first-order valence-corrected chi connectivity index (χ1v) is 8.24. The molecule has 0 bridgehead atoms. The van der Waals surface area contributed by atoms with Crippen LogP contribution in [-0.2, 0) is 23.0 Å². The lowest BCUT2D eigenvalue weighted by Gasteiger charge is -2.06. The Morgan fingerprint density at radius 2 is 1.76 bits per heavy atom. The lowest BCUT2D eigenvalue weighted by Crippen LogP contribution is -2.17. The van der Waals surface area contributed by atoms with Crippen LogP contribution in [0.15, 0.2) is 47.5 Å². The number of aryl methyl sites for hydroxylation is 1. The molecule has 1 aromatic carbocycles. The Morgan fingerprint density at radius 3 is 2.33 bits per heavy atom. The minimum atomic E-state index is -3.61. The summed E-state index contributed by atoms with van der Waals surface area (Å²) in [6.45, 7) is 3.54. The third-order valence-electron chi connectivity index (χ3n) is 3.14. The Morgan fingerprint density at radius 1 is 1.10 bits per heavy atom. The maximum Gasteiger partial charge on any atom is 0.238 e. The van der Waals surface area contributed by atoms with Gasteiger partial charge in [-0.25, -0.2) is 13.6 Å². The molecule has 112 valence electrons. The fourth-order valence-corrected chi connectivity index (χ4v) is 2.43. The number of hydrogen-bond acceptors (Lipinski definition) is 4. The summed E-state index contributed by atoms with van der Waals surface area (Å²) >= 11 is 0. The Balaban J connectivity index is 1.80. The smallest absolute Gasteiger partial charge is 0.238 e. The number of benzene rings is 1. The SMILES string of the molecule is Cc1ccc(CNCCc2ccc(S(N)(=O)=O)cc2)cn1. The predicted molar refractivity (Wildman–Crippen MR) is 82.2 cm³/mol. The average Bonchev–Trinajstić information content (AvgIpc) is 2.45. The van der Waals surface area contributed by atoms with E-state index in [0.717, 1.165) is 36.3 Å². The molecule has 1 heterocycles. The van der Waals surface area contributed by atoms with Crippen LogP contribution in [0.5, 0.6) is 0 Å². The van der Waals surface area contributed by atoms with Gasteiger partial charge in [0, 0.05) is 18.4 Å². The summed E-state index contributed by atoms with van der Waals surface area (Å²) in [5.74, 6) is 0. The molecule has 0 aliphatic carbocycles. The molecule has 0 saturated carbocycles. The van der Waals surface area contributed by atoms with Crippen LogP contribution in [0.25, 0.3) is 0 Å².